The van der Waals surface area contributed by atoms with Gasteiger partial charge in [0, 0.05) is 32.6 Å². The Morgan fingerprint density at radius 1 is 1.29 bits per heavy atom. The molecular formula is C13H18N2O2. The summed E-state index contributed by atoms with van der Waals surface area (Å²) in [6.45, 7) is 5.91. The molecule has 17 heavy (non-hydrogen) atoms. The van der Waals surface area contributed by atoms with Crippen molar-refractivity contribution in [1.29, 1.82) is 0 Å². The summed E-state index contributed by atoms with van der Waals surface area (Å²) in [6, 6.07) is 7.74. The molecule has 0 fully saturated rings. The van der Waals surface area contributed by atoms with Gasteiger partial charge in [-0.2, -0.15) is 0 Å². The first-order chi connectivity index (χ1) is 8.00. The van der Waals surface area contributed by atoms with E-state index >= 15 is 0 Å². The number of nitrogens with one attached hydrogen (secondary N) is 1. The van der Waals surface area contributed by atoms with Crippen LogP contribution in [0.3, 0.4) is 0 Å². The molecule has 1 rings (SSSR count). The second kappa shape index (κ2) is 6.03. The molecule has 0 spiro atoms. The predicted octanol–water partition coefficient (Wildman–Crippen LogP) is 1.48. The summed E-state index contributed by atoms with van der Waals surface area (Å²) in [5.74, 6) is -0.112. The van der Waals surface area contributed by atoms with E-state index in [2.05, 4.69) is 5.32 Å². The number of anilines is 1. The van der Waals surface area contributed by atoms with Gasteiger partial charge in [0.05, 0.1) is 0 Å². The van der Waals surface area contributed by atoms with Gasteiger partial charge >= 0.3 is 0 Å². The van der Waals surface area contributed by atoms with E-state index in [1.807, 2.05) is 31.2 Å². The average molecular weight is 234 g/mol. The number of amides is 2. The van der Waals surface area contributed by atoms with Crippen LogP contribution in [0.5, 0.6) is 0 Å². The Labute approximate surface area is 102 Å². The van der Waals surface area contributed by atoms with Crippen molar-refractivity contribution in [3.63, 3.8) is 0 Å². The van der Waals surface area contributed by atoms with Gasteiger partial charge in [0.15, 0.2) is 0 Å². The number of benzene rings is 1. The molecule has 0 unspecified atom stereocenters. The fourth-order valence-corrected chi connectivity index (χ4v) is 1.61. The number of hydrogen-bond acceptors (Lipinski definition) is 2. The van der Waals surface area contributed by atoms with Gasteiger partial charge in [-0.05, 0) is 24.6 Å². The van der Waals surface area contributed by atoms with E-state index in [1.54, 1.807) is 4.90 Å². The zero-order valence-electron chi connectivity index (χ0n) is 10.5. The van der Waals surface area contributed by atoms with Crippen molar-refractivity contribution in [3.8, 4) is 0 Å². The zero-order valence-corrected chi connectivity index (χ0v) is 10.5. The van der Waals surface area contributed by atoms with Gasteiger partial charge in [-0.1, -0.05) is 12.1 Å². The highest BCUT2D eigenvalue weighted by Crippen LogP contribution is 2.15. The highest BCUT2D eigenvalue weighted by atomic mass is 16.2. The fourth-order valence-electron chi connectivity index (χ4n) is 1.61. The Morgan fingerprint density at radius 3 is 2.53 bits per heavy atom. The fraction of sp³-hybridized carbons (Fsp3) is 0.385. The Kier molecular flexibility index (Phi) is 4.69. The molecule has 1 aromatic rings. The molecule has 4 heteroatoms. The van der Waals surface area contributed by atoms with Crippen LogP contribution >= 0.6 is 0 Å². The average Bonchev–Trinajstić information content (AvgIpc) is 2.23. The molecule has 0 bridgehead atoms. The summed E-state index contributed by atoms with van der Waals surface area (Å²) in [6.07, 6.45) is 0. The Bertz CT molecular complexity index is 416. The number of carbonyl (C=O) groups excluding carboxylic acids is 2. The molecule has 0 aliphatic carbocycles. The zero-order chi connectivity index (χ0) is 12.8. The predicted molar refractivity (Wildman–Crippen MR) is 67.9 cm³/mol. The van der Waals surface area contributed by atoms with Crippen molar-refractivity contribution >= 4 is 17.5 Å². The Morgan fingerprint density at radius 2 is 2.00 bits per heavy atom. The highest BCUT2D eigenvalue weighted by Gasteiger charge is 2.10. The minimum absolute atomic E-state index is 0.0269. The van der Waals surface area contributed by atoms with Crippen molar-refractivity contribution in [1.82, 2.24) is 5.32 Å². The molecule has 92 valence electrons. The molecule has 1 N–H and O–H groups in total. The summed E-state index contributed by atoms with van der Waals surface area (Å²) in [4.78, 5) is 24.0. The summed E-state index contributed by atoms with van der Waals surface area (Å²) in [7, 11) is 0. The van der Waals surface area contributed by atoms with Crippen LogP contribution in [0.15, 0.2) is 24.3 Å². The quantitative estimate of drug-likeness (QED) is 0.858. The maximum atomic E-state index is 11.5. The first-order valence-electron chi connectivity index (χ1n) is 5.60. The molecule has 0 atom stereocenters. The molecule has 1 aromatic carbocycles. The van der Waals surface area contributed by atoms with Crippen molar-refractivity contribution < 1.29 is 9.59 Å². The number of aryl methyl sites for hydroxylation is 1. The minimum atomic E-state index is -0.0854. The summed E-state index contributed by atoms with van der Waals surface area (Å²) >= 11 is 0. The number of hydrogen-bond donors (Lipinski definition) is 1. The standard InChI is InChI=1S/C13H18N2O2/c1-10-5-4-6-13(9-10)15(12(3)17)8-7-14-11(2)16/h4-6,9H,7-8H2,1-3H3,(H,14,16). The molecule has 0 saturated carbocycles. The molecule has 0 heterocycles. The van der Waals surface area contributed by atoms with Gasteiger partial charge in [-0.15, -0.1) is 0 Å². The molecular weight excluding hydrogens is 216 g/mol. The smallest absolute Gasteiger partial charge is 0.223 e. The van der Waals surface area contributed by atoms with Gasteiger partial charge < -0.3 is 10.2 Å². The first-order valence-corrected chi connectivity index (χ1v) is 5.60. The van der Waals surface area contributed by atoms with E-state index in [-0.39, 0.29) is 11.8 Å². The van der Waals surface area contributed by atoms with Crippen LogP contribution in [-0.2, 0) is 9.59 Å². The maximum Gasteiger partial charge on any atom is 0.223 e. The summed E-state index contributed by atoms with van der Waals surface area (Å²) < 4.78 is 0. The lowest BCUT2D eigenvalue weighted by atomic mass is 10.2. The molecule has 0 aliphatic heterocycles. The minimum Gasteiger partial charge on any atom is -0.355 e. The third kappa shape index (κ3) is 4.26. The van der Waals surface area contributed by atoms with E-state index in [1.165, 1.54) is 13.8 Å². The van der Waals surface area contributed by atoms with E-state index in [0.717, 1.165) is 11.3 Å². The van der Waals surface area contributed by atoms with E-state index in [9.17, 15) is 9.59 Å². The Hall–Kier alpha value is -1.84. The maximum absolute atomic E-state index is 11.5. The topological polar surface area (TPSA) is 49.4 Å². The Balaban J connectivity index is 2.72. The van der Waals surface area contributed by atoms with Crippen LogP contribution in [0, 0.1) is 6.92 Å². The monoisotopic (exact) mass is 234 g/mol. The lowest BCUT2D eigenvalue weighted by Gasteiger charge is -2.21. The van der Waals surface area contributed by atoms with Crippen molar-refractivity contribution in [3.05, 3.63) is 29.8 Å². The normalized spacial score (nSPS) is 9.82. The summed E-state index contributed by atoms with van der Waals surface area (Å²) in [5, 5.41) is 2.68. The highest BCUT2D eigenvalue weighted by molar-refractivity contribution is 5.91. The number of rotatable bonds is 4. The molecule has 4 nitrogen and oxygen atoms in total. The lowest BCUT2D eigenvalue weighted by Crippen LogP contribution is -2.36. The second-order valence-corrected chi connectivity index (χ2v) is 3.99. The molecule has 0 radical (unpaired) electrons. The molecule has 2 amide bonds. The molecule has 0 aromatic heterocycles. The van der Waals surface area contributed by atoms with Crippen LogP contribution in [0.25, 0.3) is 0 Å². The van der Waals surface area contributed by atoms with Gasteiger partial charge in [-0.25, -0.2) is 0 Å². The SMILES string of the molecule is CC(=O)NCCN(C(C)=O)c1cccc(C)c1. The van der Waals surface area contributed by atoms with Crippen LogP contribution in [-0.4, -0.2) is 24.9 Å². The lowest BCUT2D eigenvalue weighted by molar-refractivity contribution is -0.119. The van der Waals surface area contributed by atoms with Gasteiger partial charge in [0.2, 0.25) is 11.8 Å². The van der Waals surface area contributed by atoms with E-state index in [4.69, 9.17) is 0 Å². The van der Waals surface area contributed by atoms with Crippen molar-refractivity contribution in [2.75, 3.05) is 18.0 Å². The first kappa shape index (κ1) is 13.2. The van der Waals surface area contributed by atoms with Crippen LogP contribution < -0.4 is 10.2 Å². The second-order valence-electron chi connectivity index (χ2n) is 3.99. The molecule has 0 aliphatic rings. The van der Waals surface area contributed by atoms with Crippen molar-refractivity contribution in [2.45, 2.75) is 20.8 Å². The largest absolute Gasteiger partial charge is 0.355 e. The van der Waals surface area contributed by atoms with E-state index < -0.39 is 0 Å². The number of carbonyl (C=O) groups is 2. The molecule has 0 saturated heterocycles. The number of nitrogens with zero attached hydrogens (tertiary/aromatic N) is 1. The van der Waals surface area contributed by atoms with Gasteiger partial charge in [0.1, 0.15) is 0 Å². The van der Waals surface area contributed by atoms with Crippen LogP contribution in [0.4, 0.5) is 5.69 Å². The third-order valence-electron chi connectivity index (χ3n) is 2.40. The van der Waals surface area contributed by atoms with E-state index in [0.29, 0.717) is 13.1 Å². The third-order valence-corrected chi connectivity index (χ3v) is 2.40. The van der Waals surface area contributed by atoms with Gasteiger partial charge in [0.25, 0.3) is 0 Å². The van der Waals surface area contributed by atoms with Crippen LogP contribution in [0.1, 0.15) is 19.4 Å². The van der Waals surface area contributed by atoms with Crippen molar-refractivity contribution in [2.24, 2.45) is 0 Å². The van der Waals surface area contributed by atoms with Gasteiger partial charge in [-0.3, -0.25) is 9.59 Å². The summed E-state index contributed by atoms with van der Waals surface area (Å²) in [5.41, 5.74) is 1.97. The van der Waals surface area contributed by atoms with Crippen LogP contribution in [0.2, 0.25) is 0 Å².